The number of benzene rings is 2. The average molecular weight is 298 g/mol. The van der Waals surface area contributed by atoms with E-state index in [9.17, 15) is 9.59 Å². The van der Waals surface area contributed by atoms with E-state index in [1.54, 1.807) is 12.1 Å². The number of carbonyl (C=O) groups is 1. The maximum absolute atomic E-state index is 10.7. The zero-order valence-corrected chi connectivity index (χ0v) is 11.9. The molecule has 3 aromatic rings. The van der Waals surface area contributed by atoms with Gasteiger partial charge in [-0.1, -0.05) is 18.2 Å². The van der Waals surface area contributed by atoms with Crippen LogP contribution in [0.25, 0.3) is 11.0 Å². The lowest BCUT2D eigenvalue weighted by atomic mass is 10.2. The van der Waals surface area contributed by atoms with Crippen molar-refractivity contribution in [1.29, 1.82) is 0 Å². The van der Waals surface area contributed by atoms with Crippen molar-refractivity contribution in [1.82, 2.24) is 0 Å². The second kappa shape index (κ2) is 7.08. The SMILES string of the molecule is COc1cc(C=O)ccc1O.O=c1ccc2ccccc2o1. The average Bonchev–Trinajstić information content (AvgIpc) is 2.56. The number of carbonyl (C=O) groups excluding carboxylic acids is 1. The van der Waals surface area contributed by atoms with Crippen LogP contribution in [0.5, 0.6) is 11.5 Å². The summed E-state index contributed by atoms with van der Waals surface area (Å²) in [5.41, 5.74) is 0.823. The molecule has 0 saturated carbocycles. The highest BCUT2D eigenvalue weighted by molar-refractivity contribution is 5.76. The Labute approximate surface area is 126 Å². The molecule has 1 aromatic heterocycles. The van der Waals surface area contributed by atoms with Crippen LogP contribution in [0.2, 0.25) is 0 Å². The van der Waals surface area contributed by atoms with E-state index in [1.807, 2.05) is 18.2 Å². The van der Waals surface area contributed by atoms with Crippen molar-refractivity contribution < 1.29 is 19.1 Å². The summed E-state index contributed by atoms with van der Waals surface area (Å²) in [6, 6.07) is 15.0. The van der Waals surface area contributed by atoms with Crippen LogP contribution < -0.4 is 10.4 Å². The van der Waals surface area contributed by atoms with Gasteiger partial charge in [0.25, 0.3) is 0 Å². The summed E-state index contributed by atoms with van der Waals surface area (Å²) < 4.78 is 9.68. The molecule has 3 rings (SSSR count). The Morgan fingerprint density at radius 3 is 2.59 bits per heavy atom. The van der Waals surface area contributed by atoms with E-state index in [0.29, 0.717) is 23.2 Å². The van der Waals surface area contributed by atoms with Gasteiger partial charge in [0.15, 0.2) is 11.5 Å². The molecule has 5 nitrogen and oxygen atoms in total. The molecule has 0 aliphatic rings. The number of hydrogen-bond donors (Lipinski definition) is 1. The molecule has 0 aliphatic heterocycles. The van der Waals surface area contributed by atoms with E-state index in [1.165, 1.54) is 31.4 Å². The van der Waals surface area contributed by atoms with Crippen LogP contribution >= 0.6 is 0 Å². The zero-order chi connectivity index (χ0) is 15.9. The van der Waals surface area contributed by atoms with Gasteiger partial charge in [0.1, 0.15) is 11.9 Å². The van der Waals surface area contributed by atoms with Crippen LogP contribution in [0, 0.1) is 0 Å². The molecule has 0 saturated heterocycles. The van der Waals surface area contributed by atoms with Crippen LogP contribution in [0.1, 0.15) is 10.4 Å². The first kappa shape index (κ1) is 15.3. The van der Waals surface area contributed by atoms with E-state index < -0.39 is 0 Å². The quantitative estimate of drug-likeness (QED) is 0.581. The Hall–Kier alpha value is -3.08. The highest BCUT2D eigenvalue weighted by atomic mass is 16.5. The summed E-state index contributed by atoms with van der Waals surface area (Å²) in [4.78, 5) is 21.0. The maximum atomic E-state index is 10.7. The predicted molar refractivity (Wildman–Crippen MR) is 82.5 cm³/mol. The van der Waals surface area contributed by atoms with Crippen LogP contribution in [0.3, 0.4) is 0 Å². The molecule has 5 heteroatoms. The lowest BCUT2D eigenvalue weighted by Gasteiger charge is -2.01. The van der Waals surface area contributed by atoms with Gasteiger partial charge in [-0.15, -0.1) is 0 Å². The first-order valence-electron chi connectivity index (χ1n) is 6.45. The van der Waals surface area contributed by atoms with Crippen LogP contribution in [0.15, 0.2) is 63.8 Å². The minimum atomic E-state index is -0.302. The number of fused-ring (bicyclic) bond motifs is 1. The second-order valence-corrected chi connectivity index (χ2v) is 4.34. The normalized spacial score (nSPS) is 9.68. The van der Waals surface area contributed by atoms with Crippen molar-refractivity contribution in [2.75, 3.05) is 7.11 Å². The number of aldehydes is 1. The minimum Gasteiger partial charge on any atom is -0.504 e. The van der Waals surface area contributed by atoms with Gasteiger partial charge in [0, 0.05) is 17.0 Å². The molecule has 1 heterocycles. The topological polar surface area (TPSA) is 76.7 Å². The molecule has 0 spiro atoms. The van der Waals surface area contributed by atoms with E-state index in [4.69, 9.17) is 14.3 Å². The van der Waals surface area contributed by atoms with Gasteiger partial charge in [-0.3, -0.25) is 4.79 Å². The molecule has 0 atom stereocenters. The molecule has 1 N–H and O–H groups in total. The first-order chi connectivity index (χ1) is 10.6. The van der Waals surface area contributed by atoms with E-state index >= 15 is 0 Å². The van der Waals surface area contributed by atoms with Crippen LogP contribution in [-0.2, 0) is 0 Å². The molecular formula is C17H14O5. The lowest BCUT2D eigenvalue weighted by Crippen LogP contribution is -1.93. The summed E-state index contributed by atoms with van der Waals surface area (Å²) >= 11 is 0. The molecule has 0 radical (unpaired) electrons. The fraction of sp³-hybridized carbons (Fsp3) is 0.0588. The second-order valence-electron chi connectivity index (χ2n) is 4.34. The monoisotopic (exact) mass is 298 g/mol. The largest absolute Gasteiger partial charge is 0.504 e. The van der Waals surface area contributed by atoms with Gasteiger partial charge < -0.3 is 14.3 Å². The number of rotatable bonds is 2. The van der Waals surface area contributed by atoms with Crippen molar-refractivity contribution in [2.45, 2.75) is 0 Å². The molecule has 0 bridgehead atoms. The number of ether oxygens (including phenoxy) is 1. The molecular weight excluding hydrogens is 284 g/mol. The van der Waals surface area contributed by atoms with Gasteiger partial charge in [0.2, 0.25) is 0 Å². The van der Waals surface area contributed by atoms with Gasteiger partial charge in [-0.25, -0.2) is 4.79 Å². The van der Waals surface area contributed by atoms with Crippen molar-refractivity contribution in [3.05, 3.63) is 70.6 Å². The molecule has 112 valence electrons. The standard InChI is InChI=1S/C9H6O2.C8H8O3/c10-9-6-5-7-3-1-2-4-8(7)11-9;1-11-8-4-6(5-9)2-3-7(8)10/h1-6H;2-5,10H,1H3. The summed E-state index contributed by atoms with van der Waals surface area (Å²) in [7, 11) is 1.43. The van der Waals surface area contributed by atoms with Crippen molar-refractivity contribution in [3.8, 4) is 11.5 Å². The van der Waals surface area contributed by atoms with E-state index in [2.05, 4.69) is 0 Å². The fourth-order valence-corrected chi connectivity index (χ4v) is 1.78. The number of phenolic OH excluding ortho intramolecular Hbond substituents is 1. The minimum absolute atomic E-state index is 0.0399. The fourth-order valence-electron chi connectivity index (χ4n) is 1.78. The predicted octanol–water partition coefficient (Wildman–Crippen LogP) is 3.01. The Morgan fingerprint density at radius 2 is 1.86 bits per heavy atom. The molecule has 2 aromatic carbocycles. The summed E-state index contributed by atoms with van der Waals surface area (Å²) in [6.07, 6.45) is 0.696. The number of aromatic hydroxyl groups is 1. The number of para-hydroxylation sites is 1. The van der Waals surface area contributed by atoms with Crippen LogP contribution in [0.4, 0.5) is 0 Å². The Kier molecular flexibility index (Phi) is 4.93. The number of phenols is 1. The molecule has 0 aliphatic carbocycles. The molecule has 0 unspecified atom stereocenters. The maximum Gasteiger partial charge on any atom is 0.336 e. The Morgan fingerprint density at radius 1 is 1.09 bits per heavy atom. The van der Waals surface area contributed by atoms with Crippen molar-refractivity contribution >= 4 is 17.3 Å². The van der Waals surface area contributed by atoms with E-state index in [0.717, 1.165) is 5.39 Å². The molecule has 0 fully saturated rings. The third kappa shape index (κ3) is 3.73. The lowest BCUT2D eigenvalue weighted by molar-refractivity contribution is 0.112. The van der Waals surface area contributed by atoms with Crippen LogP contribution in [-0.4, -0.2) is 18.5 Å². The highest BCUT2D eigenvalue weighted by Gasteiger charge is 2.00. The van der Waals surface area contributed by atoms with Gasteiger partial charge in [0.05, 0.1) is 7.11 Å². The number of methoxy groups -OCH3 is 1. The summed E-state index contributed by atoms with van der Waals surface area (Å²) in [6.45, 7) is 0. The smallest absolute Gasteiger partial charge is 0.336 e. The molecule has 22 heavy (non-hydrogen) atoms. The molecule has 0 amide bonds. The third-order valence-electron chi connectivity index (χ3n) is 2.87. The summed E-state index contributed by atoms with van der Waals surface area (Å²) in [5.74, 6) is 0.354. The summed E-state index contributed by atoms with van der Waals surface area (Å²) in [5, 5.41) is 10.0. The van der Waals surface area contributed by atoms with Gasteiger partial charge >= 0.3 is 5.63 Å². The third-order valence-corrected chi connectivity index (χ3v) is 2.87. The zero-order valence-electron chi connectivity index (χ0n) is 11.9. The van der Waals surface area contributed by atoms with Crippen molar-refractivity contribution in [3.63, 3.8) is 0 Å². The highest BCUT2D eigenvalue weighted by Crippen LogP contribution is 2.25. The first-order valence-corrected chi connectivity index (χ1v) is 6.45. The number of hydrogen-bond acceptors (Lipinski definition) is 5. The van der Waals surface area contributed by atoms with E-state index in [-0.39, 0.29) is 11.4 Å². The Balaban J connectivity index is 0.000000160. The van der Waals surface area contributed by atoms with Crippen molar-refractivity contribution in [2.24, 2.45) is 0 Å². The Bertz CT molecular complexity index is 836. The van der Waals surface area contributed by atoms with Gasteiger partial charge in [-0.2, -0.15) is 0 Å². The van der Waals surface area contributed by atoms with Gasteiger partial charge in [-0.05, 0) is 30.3 Å².